The second-order valence-electron chi connectivity index (χ2n) is 4.60. The third-order valence-electron chi connectivity index (χ3n) is 3.02. The zero-order chi connectivity index (χ0) is 15.5. The lowest BCUT2D eigenvalue weighted by Gasteiger charge is -2.07. The predicted octanol–water partition coefficient (Wildman–Crippen LogP) is 2.84. The van der Waals surface area contributed by atoms with Gasteiger partial charge in [0.25, 0.3) is 10.0 Å². The molecule has 1 aromatic heterocycles. The zero-order valence-electron chi connectivity index (χ0n) is 11.6. The number of aryl methyl sites for hydroxylation is 1. The summed E-state index contributed by atoms with van der Waals surface area (Å²) < 4.78 is 28.9. The summed E-state index contributed by atoms with van der Waals surface area (Å²) in [6.45, 7) is 2.43. The number of sulfonamides is 1. The van der Waals surface area contributed by atoms with Crippen molar-refractivity contribution in [2.45, 2.75) is 31.4 Å². The Morgan fingerprint density at radius 1 is 1.33 bits per heavy atom. The van der Waals surface area contributed by atoms with Crippen LogP contribution in [0.5, 0.6) is 0 Å². The average Bonchev–Trinajstić information content (AvgIpc) is 2.86. The first-order valence-corrected chi connectivity index (χ1v) is 8.41. The van der Waals surface area contributed by atoms with E-state index in [0.29, 0.717) is 22.9 Å². The largest absolute Gasteiger partial charge is 0.390 e. The van der Waals surface area contributed by atoms with Crippen molar-refractivity contribution < 1.29 is 13.5 Å². The van der Waals surface area contributed by atoms with Crippen molar-refractivity contribution in [2.24, 2.45) is 0 Å². The van der Waals surface area contributed by atoms with Crippen LogP contribution in [-0.4, -0.2) is 18.1 Å². The normalized spacial score (nSPS) is 11.6. The summed E-state index contributed by atoms with van der Waals surface area (Å²) in [5.41, 5.74) is 0.893. The number of aliphatic hydroxyl groups excluding tert-OH is 1. The number of benzene rings is 1. The minimum Gasteiger partial charge on any atom is -0.390 e. The lowest BCUT2D eigenvalue weighted by Crippen LogP contribution is -2.12. The number of anilines is 1. The predicted molar refractivity (Wildman–Crippen MR) is 82.9 cm³/mol. The van der Waals surface area contributed by atoms with Crippen LogP contribution in [0.15, 0.2) is 41.4 Å². The maximum Gasteiger partial charge on any atom is 0.263 e. The van der Waals surface area contributed by atoms with Crippen molar-refractivity contribution in [1.29, 1.82) is 0 Å². The Bertz CT molecular complexity index is 726. The molecular weight excluding hydrogens is 312 g/mol. The second-order valence-corrected chi connectivity index (χ2v) is 6.69. The van der Waals surface area contributed by atoms with Crippen molar-refractivity contribution in [3.8, 4) is 0 Å². The van der Waals surface area contributed by atoms with Crippen LogP contribution < -0.4 is 4.72 Å². The van der Waals surface area contributed by atoms with E-state index < -0.39 is 10.0 Å². The first kappa shape index (κ1) is 15.9. The van der Waals surface area contributed by atoms with Crippen molar-refractivity contribution >= 4 is 27.3 Å². The molecule has 1 heterocycles. The van der Waals surface area contributed by atoms with Crippen molar-refractivity contribution in [1.82, 2.24) is 4.57 Å². The number of hydrogen-bond donors (Lipinski definition) is 2. The summed E-state index contributed by atoms with van der Waals surface area (Å²) in [6.07, 6.45) is 2.37. The Labute approximate surface area is 129 Å². The quantitative estimate of drug-likeness (QED) is 0.856. The molecule has 2 N–H and O–H groups in total. The van der Waals surface area contributed by atoms with Crippen molar-refractivity contribution in [2.75, 3.05) is 4.72 Å². The van der Waals surface area contributed by atoms with Gasteiger partial charge in [-0.3, -0.25) is 4.72 Å². The minimum absolute atomic E-state index is 0.111. The highest BCUT2D eigenvalue weighted by Gasteiger charge is 2.19. The highest BCUT2D eigenvalue weighted by atomic mass is 35.5. The molecule has 7 heteroatoms. The smallest absolute Gasteiger partial charge is 0.263 e. The molecule has 0 aliphatic carbocycles. The van der Waals surface area contributed by atoms with Gasteiger partial charge in [0, 0.05) is 18.4 Å². The van der Waals surface area contributed by atoms with Crippen LogP contribution in [0.2, 0.25) is 5.02 Å². The summed E-state index contributed by atoms with van der Waals surface area (Å²) in [5, 5.41) is 9.63. The van der Waals surface area contributed by atoms with Gasteiger partial charge in [-0.25, -0.2) is 8.42 Å². The van der Waals surface area contributed by atoms with Gasteiger partial charge in [0.1, 0.15) is 4.90 Å². The molecular formula is C14H17ClN2O3S. The fourth-order valence-electron chi connectivity index (χ4n) is 2.00. The molecule has 0 unspecified atom stereocenters. The summed E-state index contributed by atoms with van der Waals surface area (Å²) in [6, 6.07) is 8.10. The number of halogens is 1. The number of aromatic nitrogens is 1. The van der Waals surface area contributed by atoms with Crippen molar-refractivity contribution in [3.05, 3.63) is 47.2 Å². The zero-order valence-corrected chi connectivity index (χ0v) is 13.2. The molecule has 2 rings (SSSR count). The molecule has 0 saturated heterocycles. The van der Waals surface area contributed by atoms with Crippen LogP contribution in [0, 0.1) is 0 Å². The summed E-state index contributed by atoms with van der Waals surface area (Å²) in [5.74, 6) is 0. The number of hydrogen-bond acceptors (Lipinski definition) is 3. The first-order valence-electron chi connectivity index (χ1n) is 6.55. The molecule has 1 aromatic carbocycles. The standard InChI is InChI=1S/C14H17ClN2O3S/c1-2-7-17-9-12(8-11(17)10-18)21(19,20)16-14-6-4-3-5-13(14)15/h3-6,8-9,16,18H,2,7,10H2,1H3. The van der Waals surface area contributed by atoms with Gasteiger partial charge in [-0.05, 0) is 24.6 Å². The number of rotatable bonds is 6. The fraction of sp³-hybridized carbons (Fsp3) is 0.286. The van der Waals surface area contributed by atoms with Gasteiger partial charge in [0.15, 0.2) is 0 Å². The molecule has 0 bridgehead atoms. The number of aliphatic hydroxyl groups is 1. The van der Waals surface area contributed by atoms with Gasteiger partial charge >= 0.3 is 0 Å². The van der Waals surface area contributed by atoms with Crippen LogP contribution >= 0.6 is 11.6 Å². The molecule has 0 spiro atoms. The minimum atomic E-state index is -3.73. The molecule has 0 amide bonds. The van der Waals surface area contributed by atoms with E-state index in [0.717, 1.165) is 6.42 Å². The maximum atomic E-state index is 12.4. The topological polar surface area (TPSA) is 71.3 Å². The molecule has 0 fully saturated rings. The SMILES string of the molecule is CCCn1cc(S(=O)(=O)Nc2ccccc2Cl)cc1CO. The van der Waals surface area contributed by atoms with E-state index in [4.69, 9.17) is 11.6 Å². The van der Waals surface area contributed by atoms with Crippen LogP contribution in [0.1, 0.15) is 19.0 Å². The molecule has 5 nitrogen and oxygen atoms in total. The monoisotopic (exact) mass is 328 g/mol. The molecule has 114 valence electrons. The molecule has 0 aliphatic rings. The summed E-state index contributed by atoms with van der Waals surface area (Å²) in [4.78, 5) is 0.111. The second kappa shape index (κ2) is 6.51. The van der Waals surface area contributed by atoms with E-state index in [1.54, 1.807) is 28.8 Å². The van der Waals surface area contributed by atoms with Gasteiger partial charge in [0.2, 0.25) is 0 Å². The van der Waals surface area contributed by atoms with E-state index in [1.165, 1.54) is 12.3 Å². The molecule has 0 radical (unpaired) electrons. The van der Waals surface area contributed by atoms with E-state index in [2.05, 4.69) is 4.72 Å². The van der Waals surface area contributed by atoms with Gasteiger partial charge in [0.05, 0.1) is 17.3 Å². The third kappa shape index (κ3) is 3.58. The van der Waals surface area contributed by atoms with Crippen molar-refractivity contribution in [3.63, 3.8) is 0 Å². The molecule has 0 atom stereocenters. The van der Waals surface area contributed by atoms with Crippen LogP contribution in [-0.2, 0) is 23.2 Å². The van der Waals surface area contributed by atoms with Crippen LogP contribution in [0.4, 0.5) is 5.69 Å². The lowest BCUT2D eigenvalue weighted by molar-refractivity contribution is 0.270. The third-order valence-corrected chi connectivity index (χ3v) is 4.68. The number of para-hydroxylation sites is 1. The highest BCUT2D eigenvalue weighted by molar-refractivity contribution is 7.92. The Morgan fingerprint density at radius 3 is 2.67 bits per heavy atom. The van der Waals surface area contributed by atoms with E-state index in [9.17, 15) is 13.5 Å². The van der Waals surface area contributed by atoms with E-state index in [1.807, 2.05) is 6.92 Å². The van der Waals surface area contributed by atoms with Gasteiger partial charge < -0.3 is 9.67 Å². The Hall–Kier alpha value is -1.50. The molecule has 2 aromatic rings. The lowest BCUT2D eigenvalue weighted by atomic mass is 10.3. The molecule has 21 heavy (non-hydrogen) atoms. The van der Waals surface area contributed by atoms with Gasteiger partial charge in [-0.2, -0.15) is 0 Å². The Balaban J connectivity index is 2.34. The maximum absolute atomic E-state index is 12.4. The Kier molecular flexibility index (Phi) is 4.92. The molecule has 0 aliphatic heterocycles. The van der Waals surface area contributed by atoms with Crippen LogP contribution in [0.3, 0.4) is 0 Å². The summed E-state index contributed by atoms with van der Waals surface area (Å²) >= 11 is 5.96. The number of nitrogens with zero attached hydrogens (tertiary/aromatic N) is 1. The number of nitrogens with one attached hydrogen (secondary N) is 1. The summed E-state index contributed by atoms with van der Waals surface area (Å²) in [7, 11) is -3.73. The van der Waals surface area contributed by atoms with E-state index in [-0.39, 0.29) is 11.5 Å². The average molecular weight is 329 g/mol. The van der Waals surface area contributed by atoms with Gasteiger partial charge in [-0.1, -0.05) is 30.7 Å². The first-order chi connectivity index (χ1) is 9.97. The van der Waals surface area contributed by atoms with Gasteiger partial charge in [-0.15, -0.1) is 0 Å². The van der Waals surface area contributed by atoms with Crippen LogP contribution in [0.25, 0.3) is 0 Å². The fourth-order valence-corrected chi connectivity index (χ4v) is 3.38. The Morgan fingerprint density at radius 2 is 2.05 bits per heavy atom. The molecule has 0 saturated carbocycles. The highest BCUT2D eigenvalue weighted by Crippen LogP contribution is 2.25. The van der Waals surface area contributed by atoms with E-state index >= 15 is 0 Å².